The highest BCUT2D eigenvalue weighted by Gasteiger charge is 2.28. The molecular formula is C20H21N3O4S3. The number of morpholine rings is 1. The maximum Gasteiger partial charge on any atom is 0.243 e. The van der Waals surface area contributed by atoms with E-state index in [1.807, 2.05) is 22.2 Å². The molecule has 158 valence electrons. The van der Waals surface area contributed by atoms with Crippen LogP contribution in [0, 0.1) is 0 Å². The highest BCUT2D eigenvalue weighted by Crippen LogP contribution is 2.26. The third-order valence-electron chi connectivity index (χ3n) is 4.70. The molecule has 1 amide bonds. The van der Waals surface area contributed by atoms with Gasteiger partial charge < -0.3 is 10.1 Å². The zero-order valence-corrected chi connectivity index (χ0v) is 18.6. The molecular weight excluding hydrogens is 442 g/mol. The van der Waals surface area contributed by atoms with Gasteiger partial charge in [0, 0.05) is 36.0 Å². The van der Waals surface area contributed by atoms with Crippen molar-refractivity contribution in [2.45, 2.75) is 17.9 Å². The maximum absolute atomic E-state index is 13.0. The zero-order valence-electron chi connectivity index (χ0n) is 16.1. The average Bonchev–Trinajstić information content (AvgIpc) is 3.45. The Labute approximate surface area is 183 Å². The maximum atomic E-state index is 13.0. The van der Waals surface area contributed by atoms with Crippen LogP contribution in [-0.4, -0.2) is 49.9 Å². The number of hydrogen-bond donors (Lipinski definition) is 1. The van der Waals surface area contributed by atoms with Gasteiger partial charge in [-0.15, -0.1) is 11.3 Å². The molecule has 4 rings (SSSR count). The van der Waals surface area contributed by atoms with E-state index in [1.54, 1.807) is 35.6 Å². The summed E-state index contributed by atoms with van der Waals surface area (Å²) in [6.45, 7) is 1.58. The Kier molecular flexibility index (Phi) is 6.59. The number of carbonyl (C=O) groups excluding carboxylic acids is 1. The predicted octanol–water partition coefficient (Wildman–Crippen LogP) is 2.75. The second-order valence-electron chi connectivity index (χ2n) is 6.73. The van der Waals surface area contributed by atoms with Gasteiger partial charge in [-0.05, 0) is 23.1 Å². The van der Waals surface area contributed by atoms with Crippen molar-refractivity contribution in [2.24, 2.45) is 0 Å². The fourth-order valence-electron chi connectivity index (χ4n) is 3.16. The Morgan fingerprint density at radius 2 is 1.97 bits per heavy atom. The number of thiophene rings is 1. The van der Waals surface area contributed by atoms with Crippen molar-refractivity contribution in [1.82, 2.24) is 14.6 Å². The molecule has 1 aliphatic heterocycles. The Bertz CT molecular complexity index is 1100. The minimum Gasteiger partial charge on any atom is -0.379 e. The van der Waals surface area contributed by atoms with E-state index in [0.717, 1.165) is 10.6 Å². The molecule has 1 fully saturated rings. The summed E-state index contributed by atoms with van der Waals surface area (Å²) in [4.78, 5) is 17.2. The molecule has 30 heavy (non-hydrogen) atoms. The molecule has 0 aliphatic carbocycles. The molecule has 1 N–H and O–H groups in total. The third kappa shape index (κ3) is 4.79. The lowest BCUT2D eigenvalue weighted by Gasteiger charge is -2.27. The van der Waals surface area contributed by atoms with Crippen LogP contribution in [0.15, 0.2) is 51.4 Å². The van der Waals surface area contributed by atoms with Gasteiger partial charge >= 0.3 is 0 Å². The van der Waals surface area contributed by atoms with Crippen molar-refractivity contribution in [3.05, 3.63) is 57.7 Å². The van der Waals surface area contributed by atoms with Crippen LogP contribution in [0.25, 0.3) is 10.6 Å². The number of thiazole rings is 1. The Morgan fingerprint density at radius 1 is 1.17 bits per heavy atom. The predicted molar refractivity (Wildman–Crippen MR) is 117 cm³/mol. The number of sulfonamides is 1. The number of amides is 1. The van der Waals surface area contributed by atoms with Crippen molar-refractivity contribution < 1.29 is 17.9 Å². The van der Waals surface area contributed by atoms with Crippen molar-refractivity contribution in [3.63, 3.8) is 0 Å². The van der Waals surface area contributed by atoms with Crippen molar-refractivity contribution >= 4 is 38.6 Å². The molecule has 3 heterocycles. The van der Waals surface area contributed by atoms with E-state index in [0.29, 0.717) is 37.6 Å². The lowest BCUT2D eigenvalue weighted by molar-refractivity contribution is -0.120. The summed E-state index contributed by atoms with van der Waals surface area (Å²) in [6.07, 6.45) is 0.152. The molecule has 0 radical (unpaired) electrons. The summed E-state index contributed by atoms with van der Waals surface area (Å²) >= 11 is 3.11. The van der Waals surface area contributed by atoms with E-state index in [4.69, 9.17) is 4.74 Å². The van der Waals surface area contributed by atoms with Crippen molar-refractivity contribution in [2.75, 3.05) is 26.3 Å². The first kappa shape index (κ1) is 21.1. The summed E-state index contributed by atoms with van der Waals surface area (Å²) in [5.41, 5.74) is 2.32. The Hall–Kier alpha value is -2.11. The minimum absolute atomic E-state index is 0.139. The van der Waals surface area contributed by atoms with E-state index in [9.17, 15) is 13.2 Å². The van der Waals surface area contributed by atoms with Gasteiger partial charge in [0.15, 0.2) is 0 Å². The number of hydrogen-bond acceptors (Lipinski definition) is 7. The topological polar surface area (TPSA) is 88.6 Å². The highest BCUT2D eigenvalue weighted by atomic mass is 32.2. The fraction of sp³-hybridized carbons (Fsp3) is 0.300. The molecule has 0 unspecified atom stereocenters. The van der Waals surface area contributed by atoms with E-state index in [2.05, 4.69) is 10.3 Å². The van der Waals surface area contributed by atoms with Crippen LogP contribution in [-0.2, 0) is 32.5 Å². The monoisotopic (exact) mass is 463 g/mol. The van der Waals surface area contributed by atoms with E-state index in [1.165, 1.54) is 15.6 Å². The van der Waals surface area contributed by atoms with Crippen LogP contribution in [0.1, 0.15) is 11.3 Å². The first-order valence-corrected chi connectivity index (χ1v) is 12.7. The van der Waals surface area contributed by atoms with E-state index < -0.39 is 10.0 Å². The van der Waals surface area contributed by atoms with Crippen molar-refractivity contribution in [3.8, 4) is 10.6 Å². The van der Waals surface area contributed by atoms with Crippen LogP contribution in [0.3, 0.4) is 0 Å². The first-order chi connectivity index (χ1) is 14.5. The third-order valence-corrected chi connectivity index (χ3v) is 8.32. The number of nitrogens with one attached hydrogen (secondary N) is 1. The number of nitrogens with zero attached hydrogens (tertiary/aromatic N) is 2. The summed E-state index contributed by atoms with van der Waals surface area (Å²) in [7, 11) is -3.63. The van der Waals surface area contributed by atoms with Gasteiger partial charge in [-0.3, -0.25) is 4.79 Å². The molecule has 1 aliphatic rings. The smallest absolute Gasteiger partial charge is 0.243 e. The van der Waals surface area contributed by atoms with Crippen LogP contribution in [0.2, 0.25) is 0 Å². The summed E-state index contributed by atoms with van der Waals surface area (Å²) in [5, 5.41) is 9.61. The van der Waals surface area contributed by atoms with Gasteiger partial charge in [0.1, 0.15) is 5.01 Å². The lowest BCUT2D eigenvalue weighted by atomic mass is 10.2. The standard InChI is InChI=1S/C20H21N3O4S3/c24-19(11-17-14-29-20(22-17)16-5-10-28-13-16)21-12-15-3-1-2-4-18(15)30(25,26)23-6-8-27-9-7-23/h1-5,10,13-14H,6-9,11-12H2,(H,21,24). The molecule has 1 saturated heterocycles. The molecule has 7 nitrogen and oxygen atoms in total. The number of benzene rings is 1. The minimum atomic E-state index is -3.63. The van der Waals surface area contributed by atoms with Crippen LogP contribution in [0.4, 0.5) is 0 Å². The van der Waals surface area contributed by atoms with Crippen LogP contribution in [0.5, 0.6) is 0 Å². The summed E-state index contributed by atoms with van der Waals surface area (Å²) in [5.74, 6) is -0.198. The molecule has 0 saturated carbocycles. The van der Waals surface area contributed by atoms with Gasteiger partial charge in [0.05, 0.1) is 30.2 Å². The SMILES string of the molecule is O=C(Cc1csc(-c2ccsc2)n1)NCc1ccccc1S(=O)(=O)N1CCOCC1. The van der Waals surface area contributed by atoms with E-state index >= 15 is 0 Å². The van der Waals surface area contributed by atoms with Gasteiger partial charge in [-0.2, -0.15) is 15.6 Å². The molecule has 0 spiro atoms. The summed E-state index contributed by atoms with van der Waals surface area (Å²) in [6, 6.07) is 8.78. The second-order valence-corrected chi connectivity index (χ2v) is 10.3. The number of carbonyl (C=O) groups is 1. The average molecular weight is 464 g/mol. The Morgan fingerprint density at radius 3 is 2.73 bits per heavy atom. The molecule has 10 heteroatoms. The molecule has 3 aromatic rings. The normalized spacial score (nSPS) is 15.2. The van der Waals surface area contributed by atoms with Gasteiger partial charge in [-0.25, -0.2) is 13.4 Å². The molecule has 1 aromatic carbocycles. The largest absolute Gasteiger partial charge is 0.379 e. The second kappa shape index (κ2) is 9.36. The highest BCUT2D eigenvalue weighted by molar-refractivity contribution is 7.89. The van der Waals surface area contributed by atoms with Gasteiger partial charge in [-0.1, -0.05) is 18.2 Å². The molecule has 0 atom stereocenters. The van der Waals surface area contributed by atoms with Crippen LogP contribution < -0.4 is 5.32 Å². The zero-order chi connectivity index (χ0) is 21.0. The van der Waals surface area contributed by atoms with Gasteiger partial charge in [0.2, 0.25) is 15.9 Å². The molecule has 0 bridgehead atoms. The fourth-order valence-corrected chi connectivity index (χ4v) is 6.32. The van der Waals surface area contributed by atoms with Crippen molar-refractivity contribution in [1.29, 1.82) is 0 Å². The summed E-state index contributed by atoms with van der Waals surface area (Å²) < 4.78 is 32.7. The first-order valence-electron chi connectivity index (χ1n) is 9.43. The Balaban J connectivity index is 1.41. The number of ether oxygens (including phenoxy) is 1. The van der Waals surface area contributed by atoms with Gasteiger partial charge in [0.25, 0.3) is 0 Å². The van der Waals surface area contributed by atoms with E-state index in [-0.39, 0.29) is 23.8 Å². The quantitative estimate of drug-likeness (QED) is 0.582. The lowest BCUT2D eigenvalue weighted by Crippen LogP contribution is -2.41. The number of aromatic nitrogens is 1. The molecule has 2 aromatic heterocycles. The number of rotatable bonds is 7. The van der Waals surface area contributed by atoms with Crippen LogP contribution >= 0.6 is 22.7 Å².